The average Bonchev–Trinajstić information content (AvgIpc) is 2.55. The molecule has 1 aliphatic heterocycles. The number of aromatic nitrogens is 3. The maximum Gasteiger partial charge on any atom is 0.222 e. The maximum atomic E-state index is 11.4. The minimum Gasteiger partial charge on any atom is -0.369 e. The van der Waals surface area contributed by atoms with Crippen LogP contribution in [0.4, 0.5) is 5.82 Å². The van der Waals surface area contributed by atoms with Gasteiger partial charge < -0.3 is 10.6 Å². The number of amides is 1. The fraction of sp³-hybridized carbons (Fsp3) is 0.375. The summed E-state index contributed by atoms with van der Waals surface area (Å²) in [6.07, 6.45) is 5.25. The molecule has 0 radical (unpaired) electrons. The van der Waals surface area contributed by atoms with Gasteiger partial charge in [0.1, 0.15) is 5.82 Å². The maximum absolute atomic E-state index is 11.4. The van der Waals surface area contributed by atoms with E-state index in [2.05, 4.69) is 19.9 Å². The summed E-state index contributed by atoms with van der Waals surface area (Å²) >= 11 is 0. The number of carbonyl (C=O) groups excluding carboxylic acids is 1. The first kappa shape index (κ1) is 14.4. The van der Waals surface area contributed by atoms with E-state index in [4.69, 9.17) is 5.73 Å². The Hall–Kier alpha value is -2.50. The van der Waals surface area contributed by atoms with E-state index in [9.17, 15) is 4.79 Å². The summed E-state index contributed by atoms with van der Waals surface area (Å²) in [6.45, 7) is 3.46. The molecular formula is C16H19N5O. The second-order valence-electron chi connectivity index (χ2n) is 5.61. The summed E-state index contributed by atoms with van der Waals surface area (Å²) < 4.78 is 0. The summed E-state index contributed by atoms with van der Waals surface area (Å²) in [4.78, 5) is 26.7. The van der Waals surface area contributed by atoms with Crippen molar-refractivity contribution >= 4 is 11.7 Å². The van der Waals surface area contributed by atoms with Crippen molar-refractivity contribution in [2.45, 2.75) is 19.8 Å². The van der Waals surface area contributed by atoms with Crippen LogP contribution in [0.15, 0.2) is 30.6 Å². The second kappa shape index (κ2) is 6.09. The smallest absolute Gasteiger partial charge is 0.222 e. The molecule has 0 saturated carbocycles. The van der Waals surface area contributed by atoms with Gasteiger partial charge in [0.25, 0.3) is 0 Å². The zero-order valence-corrected chi connectivity index (χ0v) is 12.6. The van der Waals surface area contributed by atoms with Crippen LogP contribution in [0.25, 0.3) is 11.4 Å². The number of nitrogens with two attached hydrogens (primary N) is 1. The molecule has 0 bridgehead atoms. The van der Waals surface area contributed by atoms with Crippen LogP contribution in [0.5, 0.6) is 0 Å². The molecule has 1 fully saturated rings. The molecule has 1 aliphatic rings. The van der Waals surface area contributed by atoms with Crippen molar-refractivity contribution < 1.29 is 4.79 Å². The number of carbonyl (C=O) groups is 1. The van der Waals surface area contributed by atoms with E-state index in [0.717, 1.165) is 36.5 Å². The summed E-state index contributed by atoms with van der Waals surface area (Å²) in [5, 5.41) is 0. The molecule has 0 unspecified atom stereocenters. The molecule has 0 aromatic carbocycles. The van der Waals surface area contributed by atoms with Gasteiger partial charge in [-0.25, -0.2) is 9.97 Å². The van der Waals surface area contributed by atoms with Crippen molar-refractivity contribution in [1.29, 1.82) is 0 Å². The second-order valence-corrected chi connectivity index (χ2v) is 5.61. The van der Waals surface area contributed by atoms with Crippen molar-refractivity contribution in [3.63, 3.8) is 0 Å². The van der Waals surface area contributed by atoms with Gasteiger partial charge in [0.15, 0.2) is 5.82 Å². The molecule has 0 spiro atoms. The van der Waals surface area contributed by atoms with E-state index < -0.39 is 0 Å². The number of anilines is 1. The first-order valence-corrected chi connectivity index (χ1v) is 7.44. The zero-order valence-electron chi connectivity index (χ0n) is 12.6. The summed E-state index contributed by atoms with van der Waals surface area (Å²) in [5.41, 5.74) is 7.29. The molecule has 0 aliphatic carbocycles. The van der Waals surface area contributed by atoms with Crippen molar-refractivity contribution in [3.8, 4) is 11.4 Å². The Labute approximate surface area is 129 Å². The SMILES string of the molecule is Cc1cc(N2CCC[C@H](C(N)=O)C2)nc(-c2ccncc2)n1. The first-order chi connectivity index (χ1) is 10.6. The molecule has 22 heavy (non-hydrogen) atoms. The minimum absolute atomic E-state index is 0.103. The highest BCUT2D eigenvalue weighted by molar-refractivity contribution is 5.77. The molecule has 6 nitrogen and oxygen atoms in total. The van der Waals surface area contributed by atoms with Crippen LogP contribution in [-0.4, -0.2) is 33.9 Å². The van der Waals surface area contributed by atoms with Crippen LogP contribution in [0.3, 0.4) is 0 Å². The number of nitrogens with zero attached hydrogens (tertiary/aromatic N) is 4. The van der Waals surface area contributed by atoms with E-state index in [1.165, 1.54) is 0 Å². The molecule has 3 heterocycles. The van der Waals surface area contributed by atoms with Gasteiger partial charge >= 0.3 is 0 Å². The van der Waals surface area contributed by atoms with Gasteiger partial charge in [0.2, 0.25) is 5.91 Å². The number of primary amides is 1. The highest BCUT2D eigenvalue weighted by Crippen LogP contribution is 2.24. The van der Waals surface area contributed by atoms with E-state index in [-0.39, 0.29) is 11.8 Å². The van der Waals surface area contributed by atoms with Crippen LogP contribution in [0.2, 0.25) is 0 Å². The number of hydrogen-bond donors (Lipinski definition) is 1. The largest absolute Gasteiger partial charge is 0.369 e. The molecular weight excluding hydrogens is 278 g/mol. The standard InChI is InChI=1S/C16H19N5O/c1-11-9-14(21-8-2-3-13(10-21)15(17)22)20-16(19-11)12-4-6-18-7-5-12/h4-7,9,13H,2-3,8,10H2,1H3,(H2,17,22)/t13-/m0/s1. The number of piperidine rings is 1. The number of hydrogen-bond acceptors (Lipinski definition) is 5. The Morgan fingerprint density at radius 3 is 2.82 bits per heavy atom. The van der Waals surface area contributed by atoms with Gasteiger partial charge in [-0.1, -0.05) is 0 Å². The lowest BCUT2D eigenvalue weighted by Gasteiger charge is -2.32. The minimum atomic E-state index is -0.232. The Morgan fingerprint density at radius 2 is 2.09 bits per heavy atom. The Balaban J connectivity index is 1.91. The number of rotatable bonds is 3. The fourth-order valence-electron chi connectivity index (χ4n) is 2.76. The molecule has 1 atom stereocenters. The van der Waals surface area contributed by atoms with Crippen molar-refractivity contribution in [2.75, 3.05) is 18.0 Å². The van der Waals surface area contributed by atoms with Gasteiger partial charge in [-0.3, -0.25) is 9.78 Å². The monoisotopic (exact) mass is 297 g/mol. The summed E-state index contributed by atoms with van der Waals surface area (Å²) in [6, 6.07) is 5.73. The molecule has 1 saturated heterocycles. The zero-order chi connectivity index (χ0) is 15.5. The third-order valence-electron chi connectivity index (χ3n) is 3.93. The van der Waals surface area contributed by atoms with Crippen molar-refractivity contribution in [3.05, 3.63) is 36.3 Å². The Morgan fingerprint density at radius 1 is 1.32 bits per heavy atom. The predicted octanol–water partition coefficient (Wildman–Crippen LogP) is 1.55. The third-order valence-corrected chi connectivity index (χ3v) is 3.93. The fourth-order valence-corrected chi connectivity index (χ4v) is 2.76. The number of aryl methyl sites for hydroxylation is 1. The topological polar surface area (TPSA) is 85.0 Å². The lowest BCUT2D eigenvalue weighted by atomic mass is 9.97. The normalized spacial score (nSPS) is 18.2. The third kappa shape index (κ3) is 3.05. The molecule has 3 rings (SSSR count). The highest BCUT2D eigenvalue weighted by Gasteiger charge is 2.25. The van der Waals surface area contributed by atoms with Gasteiger partial charge in [-0.05, 0) is 31.9 Å². The Bertz CT molecular complexity index is 673. The highest BCUT2D eigenvalue weighted by atomic mass is 16.1. The van der Waals surface area contributed by atoms with Gasteiger partial charge in [0, 0.05) is 42.8 Å². The quantitative estimate of drug-likeness (QED) is 0.929. The molecule has 114 valence electrons. The van der Waals surface area contributed by atoms with Crippen LogP contribution in [0.1, 0.15) is 18.5 Å². The van der Waals surface area contributed by atoms with Gasteiger partial charge in [-0.2, -0.15) is 0 Å². The van der Waals surface area contributed by atoms with Crippen LogP contribution >= 0.6 is 0 Å². The summed E-state index contributed by atoms with van der Waals surface area (Å²) in [5.74, 6) is 1.20. The van der Waals surface area contributed by atoms with Crippen molar-refractivity contribution in [2.24, 2.45) is 11.7 Å². The van der Waals surface area contributed by atoms with E-state index in [1.54, 1.807) is 12.4 Å². The lowest BCUT2D eigenvalue weighted by Crippen LogP contribution is -2.41. The molecule has 2 aromatic rings. The first-order valence-electron chi connectivity index (χ1n) is 7.44. The van der Waals surface area contributed by atoms with Gasteiger partial charge in [-0.15, -0.1) is 0 Å². The van der Waals surface area contributed by atoms with E-state index >= 15 is 0 Å². The molecule has 2 aromatic heterocycles. The molecule has 1 amide bonds. The number of pyridine rings is 1. The van der Waals surface area contributed by atoms with E-state index in [0.29, 0.717) is 12.4 Å². The van der Waals surface area contributed by atoms with Crippen LogP contribution in [0, 0.1) is 12.8 Å². The van der Waals surface area contributed by atoms with Gasteiger partial charge in [0.05, 0.1) is 5.92 Å². The van der Waals surface area contributed by atoms with Crippen LogP contribution < -0.4 is 10.6 Å². The van der Waals surface area contributed by atoms with Crippen molar-refractivity contribution in [1.82, 2.24) is 15.0 Å². The molecule has 2 N–H and O–H groups in total. The lowest BCUT2D eigenvalue weighted by molar-refractivity contribution is -0.122. The Kier molecular flexibility index (Phi) is 4.00. The van der Waals surface area contributed by atoms with E-state index in [1.807, 2.05) is 25.1 Å². The summed E-state index contributed by atoms with van der Waals surface area (Å²) in [7, 11) is 0. The van der Waals surface area contributed by atoms with Crippen LogP contribution in [-0.2, 0) is 4.79 Å². The molecule has 6 heteroatoms. The predicted molar refractivity (Wildman–Crippen MR) is 84.1 cm³/mol. The average molecular weight is 297 g/mol.